The largest absolute Gasteiger partial charge is 0.383 e. The first-order valence-electron chi connectivity index (χ1n) is 6.98. The molecule has 1 heterocycles. The van der Waals surface area contributed by atoms with E-state index >= 15 is 0 Å². The summed E-state index contributed by atoms with van der Waals surface area (Å²) in [7, 11) is 0. The molecule has 4 heteroatoms. The number of hydrogen-bond acceptors (Lipinski definition) is 2. The third-order valence-electron chi connectivity index (χ3n) is 3.25. The zero-order valence-electron chi connectivity index (χ0n) is 11.9. The number of amides is 2. The van der Waals surface area contributed by atoms with Crippen molar-refractivity contribution in [3.05, 3.63) is 24.3 Å². The maximum absolute atomic E-state index is 11.6. The highest BCUT2D eigenvalue weighted by Crippen LogP contribution is 2.22. The Hall–Kier alpha value is -1.71. The van der Waals surface area contributed by atoms with Crippen LogP contribution in [0.4, 0.5) is 16.2 Å². The fraction of sp³-hybridized carbons (Fsp3) is 0.533. The zero-order valence-corrected chi connectivity index (χ0v) is 11.9. The molecule has 1 unspecified atom stereocenters. The molecule has 1 aliphatic heterocycles. The summed E-state index contributed by atoms with van der Waals surface area (Å²) in [6, 6.07) is 8.49. The van der Waals surface area contributed by atoms with Gasteiger partial charge in [0.2, 0.25) is 0 Å². The van der Waals surface area contributed by atoms with Crippen molar-refractivity contribution in [2.45, 2.75) is 33.2 Å². The smallest absolute Gasteiger partial charge is 0.321 e. The average Bonchev–Trinajstić information content (AvgIpc) is 2.74. The Bertz CT molecular complexity index is 445. The maximum atomic E-state index is 11.6. The van der Waals surface area contributed by atoms with E-state index in [-0.39, 0.29) is 6.03 Å². The molecule has 1 atom stereocenters. The second-order valence-electron chi connectivity index (χ2n) is 5.61. The Morgan fingerprint density at radius 2 is 2.16 bits per heavy atom. The zero-order chi connectivity index (χ0) is 13.8. The number of nitrogens with one attached hydrogen (secondary N) is 2. The van der Waals surface area contributed by atoms with E-state index in [0.29, 0.717) is 12.0 Å². The van der Waals surface area contributed by atoms with Crippen LogP contribution in [-0.2, 0) is 0 Å². The van der Waals surface area contributed by atoms with E-state index in [2.05, 4.69) is 31.4 Å². The van der Waals surface area contributed by atoms with Gasteiger partial charge in [-0.25, -0.2) is 4.79 Å². The van der Waals surface area contributed by atoms with Gasteiger partial charge in [0.15, 0.2) is 0 Å². The van der Waals surface area contributed by atoms with E-state index in [0.717, 1.165) is 30.9 Å². The molecule has 0 aliphatic carbocycles. The van der Waals surface area contributed by atoms with Crippen molar-refractivity contribution < 1.29 is 4.79 Å². The number of hydrogen-bond donors (Lipinski definition) is 2. The molecule has 1 fully saturated rings. The van der Waals surface area contributed by atoms with Gasteiger partial charge in [-0.3, -0.25) is 4.90 Å². The first-order chi connectivity index (χ1) is 9.06. The van der Waals surface area contributed by atoms with Crippen LogP contribution in [0.5, 0.6) is 0 Å². The van der Waals surface area contributed by atoms with Crippen LogP contribution in [0.25, 0.3) is 0 Å². The van der Waals surface area contributed by atoms with Crippen LogP contribution in [0, 0.1) is 5.92 Å². The summed E-state index contributed by atoms with van der Waals surface area (Å²) >= 11 is 0. The van der Waals surface area contributed by atoms with Crippen LogP contribution in [0.2, 0.25) is 0 Å². The summed E-state index contributed by atoms with van der Waals surface area (Å²) in [6.07, 6.45) is 1.13. The molecular weight excluding hydrogens is 238 g/mol. The summed E-state index contributed by atoms with van der Waals surface area (Å²) in [5.41, 5.74) is 2.03. The van der Waals surface area contributed by atoms with Gasteiger partial charge in [-0.1, -0.05) is 19.9 Å². The lowest BCUT2D eigenvalue weighted by molar-refractivity contribution is 0.252. The fourth-order valence-electron chi connectivity index (χ4n) is 2.53. The predicted octanol–water partition coefficient (Wildman–Crippen LogP) is 3.06. The van der Waals surface area contributed by atoms with E-state index in [9.17, 15) is 4.79 Å². The topological polar surface area (TPSA) is 44.4 Å². The molecule has 0 saturated carbocycles. The maximum Gasteiger partial charge on any atom is 0.321 e. The van der Waals surface area contributed by atoms with Crippen molar-refractivity contribution >= 4 is 17.4 Å². The molecule has 4 nitrogen and oxygen atoms in total. The first-order valence-corrected chi connectivity index (χ1v) is 6.98. The Balaban J connectivity index is 2.04. The molecule has 0 radical (unpaired) electrons. The highest BCUT2D eigenvalue weighted by atomic mass is 16.2. The van der Waals surface area contributed by atoms with Crippen molar-refractivity contribution in [2.24, 2.45) is 5.92 Å². The lowest BCUT2D eigenvalue weighted by atomic mass is 10.1. The third kappa shape index (κ3) is 3.63. The Morgan fingerprint density at radius 1 is 1.37 bits per heavy atom. The van der Waals surface area contributed by atoms with Crippen LogP contribution in [0.15, 0.2) is 24.3 Å². The number of benzene rings is 1. The minimum Gasteiger partial charge on any atom is -0.383 e. The van der Waals surface area contributed by atoms with Gasteiger partial charge in [-0.2, -0.15) is 0 Å². The molecule has 1 aromatic rings. The number of urea groups is 1. The second-order valence-corrected chi connectivity index (χ2v) is 5.61. The quantitative estimate of drug-likeness (QED) is 0.855. The van der Waals surface area contributed by atoms with Gasteiger partial charge in [-0.15, -0.1) is 0 Å². The summed E-state index contributed by atoms with van der Waals surface area (Å²) in [4.78, 5) is 13.4. The standard InChI is InChI=1S/C15H23N3O/c1-11(2)9-12(3)17-13-5-4-6-14(10-13)18-8-7-16-15(18)19/h4-6,10-12,17H,7-9H2,1-3H3,(H,16,19). The lowest BCUT2D eigenvalue weighted by Crippen LogP contribution is -2.27. The van der Waals surface area contributed by atoms with Crippen LogP contribution in [0.1, 0.15) is 27.2 Å². The molecular formula is C15H23N3O. The number of carbonyl (C=O) groups excluding carboxylic acids is 1. The molecule has 0 aromatic heterocycles. The minimum atomic E-state index is -0.00706. The lowest BCUT2D eigenvalue weighted by Gasteiger charge is -2.19. The van der Waals surface area contributed by atoms with E-state index in [4.69, 9.17) is 0 Å². The van der Waals surface area contributed by atoms with Gasteiger partial charge >= 0.3 is 6.03 Å². The van der Waals surface area contributed by atoms with E-state index in [1.165, 1.54) is 0 Å². The molecule has 2 rings (SSSR count). The molecule has 0 bridgehead atoms. The van der Waals surface area contributed by atoms with Gasteiger partial charge in [0.1, 0.15) is 0 Å². The van der Waals surface area contributed by atoms with Gasteiger partial charge in [0.05, 0.1) is 0 Å². The molecule has 0 spiro atoms. The number of rotatable bonds is 5. The second kappa shape index (κ2) is 5.95. The summed E-state index contributed by atoms with van der Waals surface area (Å²) in [6.45, 7) is 8.10. The van der Waals surface area contributed by atoms with Gasteiger partial charge < -0.3 is 10.6 Å². The molecule has 2 N–H and O–H groups in total. The Morgan fingerprint density at radius 3 is 2.79 bits per heavy atom. The van der Waals surface area contributed by atoms with Crippen LogP contribution >= 0.6 is 0 Å². The first kappa shape index (κ1) is 13.7. The van der Waals surface area contributed by atoms with Crippen molar-refractivity contribution in [1.29, 1.82) is 0 Å². The molecule has 2 amide bonds. The highest BCUT2D eigenvalue weighted by Gasteiger charge is 2.21. The van der Waals surface area contributed by atoms with E-state index < -0.39 is 0 Å². The molecule has 1 aromatic carbocycles. The molecule has 104 valence electrons. The number of nitrogens with zero attached hydrogens (tertiary/aromatic N) is 1. The predicted molar refractivity (Wildman–Crippen MR) is 79.7 cm³/mol. The van der Waals surface area contributed by atoms with Crippen LogP contribution < -0.4 is 15.5 Å². The summed E-state index contributed by atoms with van der Waals surface area (Å²) < 4.78 is 0. The van der Waals surface area contributed by atoms with E-state index in [1.807, 2.05) is 24.3 Å². The van der Waals surface area contributed by atoms with Gasteiger partial charge in [-0.05, 0) is 37.5 Å². The van der Waals surface area contributed by atoms with Gasteiger partial charge in [0, 0.05) is 30.5 Å². The van der Waals surface area contributed by atoms with Crippen molar-refractivity contribution in [1.82, 2.24) is 5.32 Å². The summed E-state index contributed by atoms with van der Waals surface area (Å²) in [5.74, 6) is 0.676. The van der Waals surface area contributed by atoms with Crippen LogP contribution in [0.3, 0.4) is 0 Å². The number of anilines is 2. The summed E-state index contributed by atoms with van der Waals surface area (Å²) in [5, 5.41) is 6.31. The van der Waals surface area contributed by atoms with Crippen molar-refractivity contribution in [3.8, 4) is 0 Å². The number of carbonyl (C=O) groups is 1. The van der Waals surface area contributed by atoms with Gasteiger partial charge in [0.25, 0.3) is 0 Å². The highest BCUT2D eigenvalue weighted by molar-refractivity contribution is 5.94. The van der Waals surface area contributed by atoms with Crippen LogP contribution in [-0.4, -0.2) is 25.2 Å². The molecule has 19 heavy (non-hydrogen) atoms. The average molecular weight is 261 g/mol. The fourth-order valence-corrected chi connectivity index (χ4v) is 2.53. The monoisotopic (exact) mass is 261 g/mol. The molecule has 1 aliphatic rings. The van der Waals surface area contributed by atoms with Crippen molar-refractivity contribution in [3.63, 3.8) is 0 Å². The Labute approximate surface area is 115 Å². The SMILES string of the molecule is CC(C)CC(C)Nc1cccc(N2CCNC2=O)c1. The normalized spacial score (nSPS) is 16.6. The molecule has 1 saturated heterocycles. The minimum absolute atomic E-state index is 0.00706. The third-order valence-corrected chi connectivity index (χ3v) is 3.25. The Kier molecular flexibility index (Phi) is 4.30. The van der Waals surface area contributed by atoms with E-state index in [1.54, 1.807) is 4.90 Å². The van der Waals surface area contributed by atoms with Crippen molar-refractivity contribution in [2.75, 3.05) is 23.3 Å².